The summed E-state index contributed by atoms with van der Waals surface area (Å²) in [5.74, 6) is -2.20. The van der Waals surface area contributed by atoms with Gasteiger partial charge < -0.3 is 10.1 Å². The van der Waals surface area contributed by atoms with E-state index in [-0.39, 0.29) is 16.7 Å². The second-order valence-corrected chi connectivity index (χ2v) is 7.42. The number of amides is 3. The Morgan fingerprint density at radius 1 is 0.875 bits per heavy atom. The molecule has 4 rings (SSSR count). The molecule has 0 aromatic heterocycles. The fourth-order valence-corrected chi connectivity index (χ4v) is 3.50. The molecular formula is C25H20N2O5. The summed E-state index contributed by atoms with van der Waals surface area (Å²) < 4.78 is 5.07. The summed E-state index contributed by atoms with van der Waals surface area (Å²) in [5, 5.41) is 2.62. The number of rotatable bonds is 5. The summed E-state index contributed by atoms with van der Waals surface area (Å²) in [7, 11) is 0. The van der Waals surface area contributed by atoms with E-state index < -0.39 is 30.3 Å². The van der Waals surface area contributed by atoms with Crippen LogP contribution in [-0.4, -0.2) is 30.3 Å². The number of imide groups is 1. The third-order valence-electron chi connectivity index (χ3n) is 5.33. The van der Waals surface area contributed by atoms with E-state index in [1.807, 2.05) is 26.0 Å². The van der Waals surface area contributed by atoms with Gasteiger partial charge in [0.25, 0.3) is 17.7 Å². The lowest BCUT2D eigenvalue weighted by Gasteiger charge is -2.17. The van der Waals surface area contributed by atoms with Crippen molar-refractivity contribution in [3.8, 4) is 0 Å². The molecule has 0 unspecified atom stereocenters. The van der Waals surface area contributed by atoms with Gasteiger partial charge in [-0.25, -0.2) is 9.69 Å². The Hall–Kier alpha value is -4.26. The van der Waals surface area contributed by atoms with E-state index in [9.17, 15) is 19.2 Å². The predicted octanol–water partition coefficient (Wildman–Crippen LogP) is 3.90. The fraction of sp³-hybridized carbons (Fsp3) is 0.120. The first kappa shape index (κ1) is 21.0. The molecule has 1 heterocycles. The molecule has 1 aliphatic heterocycles. The molecule has 3 aromatic carbocycles. The number of carbonyl (C=O) groups is 4. The Morgan fingerprint density at radius 3 is 2.34 bits per heavy atom. The van der Waals surface area contributed by atoms with Crippen molar-refractivity contribution in [2.45, 2.75) is 13.8 Å². The molecule has 0 atom stereocenters. The number of fused-ring (bicyclic) bond motifs is 1. The van der Waals surface area contributed by atoms with E-state index in [0.717, 1.165) is 16.0 Å². The largest absolute Gasteiger partial charge is 0.452 e. The quantitative estimate of drug-likeness (QED) is 0.492. The van der Waals surface area contributed by atoms with Crippen LogP contribution in [0.4, 0.5) is 11.4 Å². The number of anilines is 2. The number of nitrogens with zero attached hydrogens (tertiary/aromatic N) is 1. The van der Waals surface area contributed by atoms with Gasteiger partial charge in [0.2, 0.25) is 0 Å². The average molecular weight is 428 g/mol. The summed E-state index contributed by atoms with van der Waals surface area (Å²) in [4.78, 5) is 51.4. The van der Waals surface area contributed by atoms with Crippen molar-refractivity contribution in [1.82, 2.24) is 0 Å². The smallest absolute Gasteiger partial charge is 0.338 e. The van der Waals surface area contributed by atoms with Crippen molar-refractivity contribution in [3.05, 3.63) is 94.5 Å². The van der Waals surface area contributed by atoms with Crippen molar-refractivity contribution < 1.29 is 23.9 Å². The van der Waals surface area contributed by atoms with Crippen LogP contribution in [0, 0.1) is 13.8 Å². The monoisotopic (exact) mass is 428 g/mol. The van der Waals surface area contributed by atoms with Crippen LogP contribution in [0.5, 0.6) is 0 Å². The lowest BCUT2D eigenvalue weighted by atomic mass is 10.1. The second kappa shape index (κ2) is 8.47. The molecule has 0 spiro atoms. The molecule has 160 valence electrons. The number of hydrogen-bond acceptors (Lipinski definition) is 5. The molecule has 32 heavy (non-hydrogen) atoms. The van der Waals surface area contributed by atoms with Crippen LogP contribution in [-0.2, 0) is 9.53 Å². The number of esters is 1. The highest BCUT2D eigenvalue weighted by molar-refractivity contribution is 6.35. The molecule has 1 aliphatic rings. The van der Waals surface area contributed by atoms with Crippen molar-refractivity contribution in [2.75, 3.05) is 16.8 Å². The van der Waals surface area contributed by atoms with Crippen LogP contribution in [0.1, 0.15) is 42.2 Å². The first-order valence-corrected chi connectivity index (χ1v) is 9.98. The van der Waals surface area contributed by atoms with Gasteiger partial charge in [0.05, 0.1) is 22.4 Å². The SMILES string of the molecule is Cc1cccc(N2C(=O)c3ccc(C(=O)OCC(=O)Nc4ccccc4)cc3C2=O)c1C. The van der Waals surface area contributed by atoms with Gasteiger partial charge in [-0.05, 0) is 61.4 Å². The van der Waals surface area contributed by atoms with Gasteiger partial charge in [-0.3, -0.25) is 14.4 Å². The first-order chi connectivity index (χ1) is 15.4. The second-order valence-electron chi connectivity index (χ2n) is 7.42. The summed E-state index contributed by atoms with van der Waals surface area (Å²) in [6, 6.07) is 18.4. The first-order valence-electron chi connectivity index (χ1n) is 9.98. The van der Waals surface area contributed by atoms with Gasteiger partial charge in [0.15, 0.2) is 6.61 Å². The standard InChI is InChI=1S/C25H20N2O5/c1-15-7-6-10-21(16(15)2)27-23(29)19-12-11-17(13-20(19)24(27)30)25(31)32-14-22(28)26-18-8-4-3-5-9-18/h3-13H,14H2,1-2H3,(H,26,28). The summed E-state index contributed by atoms with van der Waals surface area (Å²) in [6.45, 7) is 3.27. The normalized spacial score (nSPS) is 12.5. The highest BCUT2D eigenvalue weighted by Gasteiger charge is 2.38. The summed E-state index contributed by atoms with van der Waals surface area (Å²) in [6.07, 6.45) is 0. The highest BCUT2D eigenvalue weighted by Crippen LogP contribution is 2.32. The number of benzene rings is 3. The maximum Gasteiger partial charge on any atom is 0.338 e. The predicted molar refractivity (Wildman–Crippen MR) is 119 cm³/mol. The number of aryl methyl sites for hydroxylation is 1. The lowest BCUT2D eigenvalue weighted by Crippen LogP contribution is -2.30. The Bertz CT molecular complexity index is 1250. The van der Waals surface area contributed by atoms with Crippen LogP contribution in [0.2, 0.25) is 0 Å². The summed E-state index contributed by atoms with van der Waals surface area (Å²) in [5.41, 5.74) is 3.30. The van der Waals surface area contributed by atoms with Crippen LogP contribution in [0.15, 0.2) is 66.7 Å². The zero-order chi connectivity index (χ0) is 22.8. The molecule has 1 N–H and O–H groups in total. The molecule has 0 aliphatic carbocycles. The highest BCUT2D eigenvalue weighted by atomic mass is 16.5. The van der Waals surface area contributed by atoms with Gasteiger partial charge in [0.1, 0.15) is 0 Å². The maximum atomic E-state index is 13.0. The molecular weight excluding hydrogens is 408 g/mol. The van der Waals surface area contributed by atoms with E-state index in [1.54, 1.807) is 36.4 Å². The molecule has 0 radical (unpaired) electrons. The molecule has 3 aromatic rings. The van der Waals surface area contributed by atoms with Gasteiger partial charge in [-0.1, -0.05) is 30.3 Å². The number of carbonyl (C=O) groups excluding carboxylic acids is 4. The van der Waals surface area contributed by atoms with E-state index in [1.165, 1.54) is 18.2 Å². The summed E-state index contributed by atoms with van der Waals surface area (Å²) >= 11 is 0. The Morgan fingerprint density at radius 2 is 1.59 bits per heavy atom. The van der Waals surface area contributed by atoms with Gasteiger partial charge >= 0.3 is 5.97 Å². The Labute approximate surface area is 184 Å². The molecule has 0 saturated heterocycles. The third-order valence-corrected chi connectivity index (χ3v) is 5.33. The molecule has 0 bridgehead atoms. The van der Waals surface area contributed by atoms with Gasteiger partial charge in [-0.15, -0.1) is 0 Å². The van der Waals surface area contributed by atoms with E-state index >= 15 is 0 Å². The van der Waals surface area contributed by atoms with Crippen LogP contribution < -0.4 is 10.2 Å². The van der Waals surface area contributed by atoms with E-state index in [0.29, 0.717) is 11.4 Å². The number of hydrogen-bond donors (Lipinski definition) is 1. The fourth-order valence-electron chi connectivity index (χ4n) is 3.50. The third kappa shape index (κ3) is 3.88. The number of ether oxygens (including phenoxy) is 1. The minimum absolute atomic E-state index is 0.0835. The van der Waals surface area contributed by atoms with Crippen molar-refractivity contribution in [2.24, 2.45) is 0 Å². The number of para-hydroxylation sites is 1. The van der Waals surface area contributed by atoms with Gasteiger partial charge in [-0.2, -0.15) is 0 Å². The van der Waals surface area contributed by atoms with Crippen molar-refractivity contribution >= 4 is 35.1 Å². The topological polar surface area (TPSA) is 92.8 Å². The van der Waals surface area contributed by atoms with Crippen LogP contribution >= 0.6 is 0 Å². The zero-order valence-corrected chi connectivity index (χ0v) is 17.5. The number of nitrogens with one attached hydrogen (secondary N) is 1. The Kier molecular flexibility index (Phi) is 5.55. The zero-order valence-electron chi connectivity index (χ0n) is 17.5. The maximum absolute atomic E-state index is 13.0. The van der Waals surface area contributed by atoms with Crippen LogP contribution in [0.3, 0.4) is 0 Å². The molecule has 0 saturated carbocycles. The molecule has 7 nitrogen and oxygen atoms in total. The minimum atomic E-state index is -0.763. The van der Waals surface area contributed by atoms with E-state index in [4.69, 9.17) is 4.74 Å². The van der Waals surface area contributed by atoms with Crippen LogP contribution in [0.25, 0.3) is 0 Å². The van der Waals surface area contributed by atoms with Crippen molar-refractivity contribution in [3.63, 3.8) is 0 Å². The van der Waals surface area contributed by atoms with E-state index in [2.05, 4.69) is 5.32 Å². The average Bonchev–Trinajstić information content (AvgIpc) is 3.04. The van der Waals surface area contributed by atoms with Gasteiger partial charge in [0, 0.05) is 5.69 Å². The van der Waals surface area contributed by atoms with Crippen molar-refractivity contribution in [1.29, 1.82) is 0 Å². The Balaban J connectivity index is 1.49. The molecule has 0 fully saturated rings. The molecule has 7 heteroatoms. The lowest BCUT2D eigenvalue weighted by molar-refractivity contribution is -0.119. The molecule has 3 amide bonds. The minimum Gasteiger partial charge on any atom is -0.452 e.